The molecule has 150 valence electrons. The van der Waals surface area contributed by atoms with Gasteiger partial charge >= 0.3 is 0 Å². The maximum atomic E-state index is 11.7. The average molecular weight is 418 g/mol. The minimum atomic E-state index is -2.32. The van der Waals surface area contributed by atoms with Crippen LogP contribution in [0, 0.1) is 22.7 Å². The molecule has 0 radical (unpaired) electrons. The zero-order chi connectivity index (χ0) is 21.6. The smallest absolute Gasteiger partial charge is 0.195 e. The van der Waals surface area contributed by atoms with Crippen LogP contribution in [0.2, 0.25) is 0 Å². The lowest BCUT2D eigenvalue weighted by atomic mass is 9.97. The van der Waals surface area contributed by atoms with Crippen LogP contribution in [0.3, 0.4) is 0 Å². The molecule has 0 amide bonds. The predicted molar refractivity (Wildman–Crippen MR) is 113 cm³/mol. The van der Waals surface area contributed by atoms with Crippen molar-refractivity contribution in [2.45, 2.75) is 6.04 Å². The highest BCUT2D eigenvalue weighted by Crippen LogP contribution is 2.35. The normalized spacial score (nSPS) is 11.4. The lowest BCUT2D eigenvalue weighted by Gasteiger charge is -2.18. The Hall–Kier alpha value is -3.74. The summed E-state index contributed by atoms with van der Waals surface area (Å²) in [7, 11) is -2.32. The maximum Gasteiger partial charge on any atom is 0.195 e. The second-order valence-corrected chi connectivity index (χ2v) is 10.4. The molecule has 0 N–H and O–H groups in total. The molecule has 0 saturated carbocycles. The van der Waals surface area contributed by atoms with Crippen LogP contribution in [-0.4, -0.2) is 40.7 Å². The number of hydrogen-bond donors (Lipinski definition) is 0. The molecule has 8 nitrogen and oxygen atoms in total. The van der Waals surface area contributed by atoms with Crippen molar-refractivity contribution in [3.05, 3.63) is 82.9 Å². The Labute approximate surface area is 174 Å². The summed E-state index contributed by atoms with van der Waals surface area (Å²) in [6.45, 7) is 3.24. The number of rotatable bonds is 7. The van der Waals surface area contributed by atoms with E-state index in [0.29, 0.717) is 17.0 Å². The van der Waals surface area contributed by atoms with E-state index in [1.165, 1.54) is 6.21 Å². The van der Waals surface area contributed by atoms with Gasteiger partial charge in [-0.05, 0) is 48.7 Å². The van der Waals surface area contributed by atoms with Gasteiger partial charge in [0.15, 0.2) is 12.2 Å². The molecule has 1 heterocycles. The molecule has 0 bridgehead atoms. The summed E-state index contributed by atoms with van der Waals surface area (Å²) >= 11 is 0. The van der Waals surface area contributed by atoms with Gasteiger partial charge < -0.3 is 9.40 Å². The maximum absolute atomic E-state index is 11.7. The molecule has 2 aromatic carbocycles. The van der Waals surface area contributed by atoms with Gasteiger partial charge in [0, 0.05) is 0 Å². The predicted octanol–water partition coefficient (Wildman–Crippen LogP) is 3.59. The Morgan fingerprint density at radius 2 is 1.60 bits per heavy atom. The number of benzene rings is 2. The van der Waals surface area contributed by atoms with Crippen LogP contribution in [-0.2, 0) is 9.40 Å². The van der Waals surface area contributed by atoms with Gasteiger partial charge in [0.2, 0.25) is 0 Å². The fourth-order valence-electron chi connectivity index (χ4n) is 2.71. The number of hydrogen-bond acceptors (Lipinski definition) is 7. The first-order chi connectivity index (χ1) is 14.4. The quantitative estimate of drug-likeness (QED) is 0.329. The Balaban J connectivity index is 1.91. The zero-order valence-electron chi connectivity index (χ0n) is 16.5. The largest absolute Gasteiger partial charge is 0.388 e. The van der Waals surface area contributed by atoms with E-state index in [4.69, 9.17) is 15.4 Å². The van der Waals surface area contributed by atoms with E-state index < -0.39 is 7.14 Å². The molecular formula is C21H19N6O2P. The number of aromatic nitrogens is 3. The van der Waals surface area contributed by atoms with Crippen molar-refractivity contribution < 1.29 is 9.40 Å². The van der Waals surface area contributed by atoms with E-state index >= 15 is 0 Å². The minimum absolute atomic E-state index is 0.0450. The minimum Gasteiger partial charge on any atom is -0.388 e. The van der Waals surface area contributed by atoms with E-state index in [9.17, 15) is 4.57 Å². The number of oxime groups is 1. The Kier molecular flexibility index (Phi) is 6.41. The van der Waals surface area contributed by atoms with Crippen molar-refractivity contribution in [2.75, 3.05) is 19.7 Å². The molecule has 1 aromatic heterocycles. The van der Waals surface area contributed by atoms with Crippen molar-refractivity contribution >= 4 is 13.4 Å². The first-order valence-electron chi connectivity index (χ1n) is 9.00. The third-order valence-corrected chi connectivity index (χ3v) is 4.85. The second-order valence-electron chi connectivity index (χ2n) is 7.02. The SMILES string of the molecule is CP(C)(=O)CO/N=C/c1ncn(C(c2ccc(C#N)cc2)c2ccc(C#N)cc2)n1. The molecule has 0 fully saturated rings. The molecule has 9 heteroatoms. The van der Waals surface area contributed by atoms with Crippen LogP contribution < -0.4 is 0 Å². The molecular weight excluding hydrogens is 399 g/mol. The van der Waals surface area contributed by atoms with Crippen molar-refractivity contribution in [3.63, 3.8) is 0 Å². The zero-order valence-corrected chi connectivity index (χ0v) is 17.4. The van der Waals surface area contributed by atoms with E-state index in [2.05, 4.69) is 27.4 Å². The summed E-state index contributed by atoms with van der Waals surface area (Å²) in [5.74, 6) is 0.337. The third kappa shape index (κ3) is 5.41. The highest BCUT2D eigenvalue weighted by Gasteiger charge is 2.18. The average Bonchev–Trinajstić information content (AvgIpc) is 3.20. The van der Waals surface area contributed by atoms with Gasteiger partial charge in [-0.1, -0.05) is 29.4 Å². The molecule has 0 aliphatic carbocycles. The van der Waals surface area contributed by atoms with E-state index in [1.54, 1.807) is 48.6 Å². The molecule has 0 spiro atoms. The molecule has 0 aliphatic rings. The summed E-state index contributed by atoms with van der Waals surface area (Å²) in [5.41, 5.74) is 2.93. The van der Waals surface area contributed by atoms with Gasteiger partial charge in [0.25, 0.3) is 0 Å². The van der Waals surface area contributed by atoms with Crippen molar-refractivity contribution in [3.8, 4) is 12.1 Å². The molecule has 0 atom stereocenters. The summed E-state index contributed by atoms with van der Waals surface area (Å²) in [6, 6.07) is 18.3. The van der Waals surface area contributed by atoms with Crippen LogP contribution in [0.5, 0.6) is 0 Å². The number of nitriles is 2. The van der Waals surface area contributed by atoms with Crippen LogP contribution in [0.4, 0.5) is 0 Å². The molecule has 0 aliphatic heterocycles. The van der Waals surface area contributed by atoms with Crippen LogP contribution in [0.15, 0.2) is 60.0 Å². The van der Waals surface area contributed by atoms with Crippen LogP contribution >= 0.6 is 7.14 Å². The summed E-state index contributed by atoms with van der Waals surface area (Å²) in [6.07, 6.45) is 2.98. The van der Waals surface area contributed by atoms with Gasteiger partial charge in [0.1, 0.15) is 25.7 Å². The first kappa shape index (κ1) is 21.0. The van der Waals surface area contributed by atoms with E-state index in [-0.39, 0.29) is 12.4 Å². The summed E-state index contributed by atoms with van der Waals surface area (Å²) in [5, 5.41) is 26.4. The molecule has 0 saturated heterocycles. The summed E-state index contributed by atoms with van der Waals surface area (Å²) < 4.78 is 13.3. The van der Waals surface area contributed by atoms with Crippen LogP contribution in [0.1, 0.15) is 34.1 Å². The van der Waals surface area contributed by atoms with Crippen molar-refractivity contribution in [1.29, 1.82) is 10.5 Å². The van der Waals surface area contributed by atoms with Gasteiger partial charge in [-0.15, -0.1) is 5.10 Å². The topological polar surface area (TPSA) is 117 Å². The lowest BCUT2D eigenvalue weighted by Crippen LogP contribution is -2.13. The van der Waals surface area contributed by atoms with Crippen LogP contribution in [0.25, 0.3) is 0 Å². The third-order valence-electron chi connectivity index (χ3n) is 4.11. The highest BCUT2D eigenvalue weighted by molar-refractivity contribution is 7.62. The van der Waals surface area contributed by atoms with Gasteiger partial charge in [0.05, 0.1) is 23.3 Å². The molecule has 30 heavy (non-hydrogen) atoms. The number of nitrogens with zero attached hydrogens (tertiary/aromatic N) is 6. The lowest BCUT2D eigenvalue weighted by molar-refractivity contribution is 0.191. The monoisotopic (exact) mass is 418 g/mol. The fourth-order valence-corrected chi connectivity index (χ4v) is 3.05. The second kappa shape index (κ2) is 9.17. The highest BCUT2D eigenvalue weighted by atomic mass is 31.2. The molecule has 3 aromatic rings. The van der Waals surface area contributed by atoms with E-state index in [0.717, 1.165) is 11.1 Å². The van der Waals surface area contributed by atoms with Gasteiger partial charge in [-0.25, -0.2) is 9.67 Å². The van der Waals surface area contributed by atoms with Crippen molar-refractivity contribution in [1.82, 2.24) is 14.8 Å². The van der Waals surface area contributed by atoms with Gasteiger partial charge in [-0.2, -0.15) is 10.5 Å². The summed E-state index contributed by atoms with van der Waals surface area (Å²) in [4.78, 5) is 9.29. The standard InChI is InChI=1S/C21H19N6O2P/c1-30(2,28)15-29-25-13-20-24-14-27(26-20)21(18-7-3-16(11-22)4-8-18)19-9-5-17(12-23)6-10-19/h3-10,13-14,21H,15H2,1-2H3/b25-13+. The first-order valence-corrected chi connectivity index (χ1v) is 11.8. The van der Waals surface area contributed by atoms with E-state index in [1.807, 2.05) is 24.3 Å². The Morgan fingerprint density at radius 1 is 1.07 bits per heavy atom. The Bertz CT molecular complexity index is 1110. The Morgan fingerprint density at radius 3 is 2.07 bits per heavy atom. The molecule has 0 unspecified atom stereocenters. The fraction of sp³-hybridized carbons (Fsp3) is 0.190. The molecule has 3 rings (SSSR count). The van der Waals surface area contributed by atoms with Gasteiger partial charge in [-0.3, -0.25) is 0 Å². The van der Waals surface area contributed by atoms with Crippen molar-refractivity contribution in [2.24, 2.45) is 5.16 Å².